The lowest BCUT2D eigenvalue weighted by molar-refractivity contribution is -0.130. The van der Waals surface area contributed by atoms with Gasteiger partial charge in [0, 0.05) is 52.4 Å². The number of amides is 3. The van der Waals surface area contributed by atoms with E-state index in [0.717, 1.165) is 39.3 Å². The Balaban J connectivity index is 1.70. The first kappa shape index (κ1) is 16.2. The van der Waals surface area contributed by atoms with Crippen LogP contribution in [0, 0.1) is 0 Å². The second-order valence-corrected chi connectivity index (χ2v) is 6.41. The molecular weight excluding hydrogens is 270 g/mol. The first-order valence-corrected chi connectivity index (χ1v) is 7.66. The Morgan fingerprint density at radius 3 is 2.33 bits per heavy atom. The molecule has 2 saturated heterocycles. The van der Waals surface area contributed by atoms with Gasteiger partial charge in [0.05, 0.1) is 0 Å². The molecule has 0 atom stereocenters. The summed E-state index contributed by atoms with van der Waals surface area (Å²) in [5, 5.41) is 6.04. The molecule has 7 nitrogen and oxygen atoms in total. The SMILES string of the molecule is CN(CCN1CCNCC1)CCN1C(=O)NC(C)(C)C1=O. The molecule has 0 aromatic carbocycles. The van der Waals surface area contributed by atoms with Gasteiger partial charge in [0.1, 0.15) is 5.54 Å². The summed E-state index contributed by atoms with van der Waals surface area (Å²) in [6, 6.07) is -0.277. The predicted octanol–water partition coefficient (Wildman–Crippen LogP) is -0.846. The quantitative estimate of drug-likeness (QED) is 0.625. The summed E-state index contributed by atoms with van der Waals surface area (Å²) in [6.07, 6.45) is 0. The fourth-order valence-corrected chi connectivity index (χ4v) is 2.65. The second kappa shape index (κ2) is 6.72. The van der Waals surface area contributed by atoms with Crippen molar-refractivity contribution in [1.29, 1.82) is 0 Å². The Morgan fingerprint density at radius 1 is 1.14 bits per heavy atom. The van der Waals surface area contributed by atoms with E-state index in [1.165, 1.54) is 4.90 Å². The van der Waals surface area contributed by atoms with Crippen LogP contribution >= 0.6 is 0 Å². The van der Waals surface area contributed by atoms with E-state index in [1.807, 2.05) is 7.05 Å². The van der Waals surface area contributed by atoms with Crippen LogP contribution in [0.5, 0.6) is 0 Å². The molecule has 2 rings (SSSR count). The van der Waals surface area contributed by atoms with Gasteiger partial charge in [-0.3, -0.25) is 14.6 Å². The average molecular weight is 297 g/mol. The van der Waals surface area contributed by atoms with Crippen molar-refractivity contribution in [3.63, 3.8) is 0 Å². The van der Waals surface area contributed by atoms with Crippen molar-refractivity contribution in [1.82, 2.24) is 25.3 Å². The minimum atomic E-state index is -0.767. The topological polar surface area (TPSA) is 67.9 Å². The molecule has 0 radical (unpaired) electrons. The summed E-state index contributed by atoms with van der Waals surface area (Å²) in [5.41, 5.74) is -0.767. The van der Waals surface area contributed by atoms with Gasteiger partial charge in [0.25, 0.3) is 5.91 Å². The van der Waals surface area contributed by atoms with Crippen LogP contribution in [0.1, 0.15) is 13.8 Å². The Morgan fingerprint density at radius 2 is 1.76 bits per heavy atom. The number of imide groups is 1. The van der Waals surface area contributed by atoms with E-state index in [9.17, 15) is 9.59 Å². The van der Waals surface area contributed by atoms with E-state index >= 15 is 0 Å². The molecule has 2 aliphatic heterocycles. The van der Waals surface area contributed by atoms with Crippen molar-refractivity contribution in [3.8, 4) is 0 Å². The first-order chi connectivity index (χ1) is 9.90. The average Bonchev–Trinajstić information content (AvgIpc) is 2.64. The van der Waals surface area contributed by atoms with Crippen molar-refractivity contribution < 1.29 is 9.59 Å². The highest BCUT2D eigenvalue weighted by Crippen LogP contribution is 2.15. The monoisotopic (exact) mass is 297 g/mol. The van der Waals surface area contributed by atoms with E-state index in [1.54, 1.807) is 13.8 Å². The predicted molar refractivity (Wildman–Crippen MR) is 81.1 cm³/mol. The van der Waals surface area contributed by atoms with Gasteiger partial charge in [0.2, 0.25) is 0 Å². The molecule has 0 bridgehead atoms. The molecule has 21 heavy (non-hydrogen) atoms. The third-order valence-corrected chi connectivity index (χ3v) is 4.16. The molecule has 120 valence electrons. The number of nitrogens with zero attached hydrogens (tertiary/aromatic N) is 3. The number of hydrogen-bond donors (Lipinski definition) is 2. The highest BCUT2D eigenvalue weighted by molar-refractivity contribution is 6.06. The second-order valence-electron chi connectivity index (χ2n) is 6.41. The molecule has 0 aromatic rings. The van der Waals surface area contributed by atoms with Gasteiger partial charge in [-0.1, -0.05) is 0 Å². The maximum atomic E-state index is 12.1. The highest BCUT2D eigenvalue weighted by Gasteiger charge is 2.43. The van der Waals surface area contributed by atoms with Crippen LogP contribution in [-0.4, -0.2) is 91.6 Å². The summed E-state index contributed by atoms with van der Waals surface area (Å²) in [7, 11) is 2.03. The molecule has 3 amide bonds. The van der Waals surface area contributed by atoms with Gasteiger partial charge in [-0.05, 0) is 20.9 Å². The third kappa shape index (κ3) is 4.15. The summed E-state index contributed by atoms with van der Waals surface area (Å²) >= 11 is 0. The van der Waals surface area contributed by atoms with Gasteiger partial charge in [0.15, 0.2) is 0 Å². The molecule has 0 saturated carbocycles. The zero-order valence-electron chi connectivity index (χ0n) is 13.3. The van der Waals surface area contributed by atoms with Crippen molar-refractivity contribution in [2.24, 2.45) is 0 Å². The van der Waals surface area contributed by atoms with Crippen LogP contribution in [-0.2, 0) is 4.79 Å². The van der Waals surface area contributed by atoms with Gasteiger partial charge < -0.3 is 15.5 Å². The first-order valence-electron chi connectivity index (χ1n) is 7.66. The molecule has 2 fully saturated rings. The lowest BCUT2D eigenvalue weighted by atomic mass is 10.1. The minimum absolute atomic E-state index is 0.136. The summed E-state index contributed by atoms with van der Waals surface area (Å²) in [6.45, 7) is 10.9. The number of carbonyl (C=O) groups excluding carboxylic acids is 2. The highest BCUT2D eigenvalue weighted by atomic mass is 16.2. The van der Waals surface area contributed by atoms with E-state index in [4.69, 9.17) is 0 Å². The smallest absolute Gasteiger partial charge is 0.324 e. The lowest BCUT2D eigenvalue weighted by Gasteiger charge is -2.29. The van der Waals surface area contributed by atoms with Crippen LogP contribution in [0.4, 0.5) is 4.79 Å². The number of carbonyl (C=O) groups is 2. The van der Waals surface area contributed by atoms with E-state index in [-0.39, 0.29) is 11.9 Å². The number of rotatable bonds is 6. The lowest BCUT2D eigenvalue weighted by Crippen LogP contribution is -2.46. The van der Waals surface area contributed by atoms with Crippen molar-refractivity contribution in [3.05, 3.63) is 0 Å². The Labute approximate surface area is 126 Å². The molecule has 0 aliphatic carbocycles. The third-order valence-electron chi connectivity index (χ3n) is 4.16. The maximum Gasteiger partial charge on any atom is 0.325 e. The minimum Gasteiger partial charge on any atom is -0.324 e. The number of urea groups is 1. The largest absolute Gasteiger partial charge is 0.325 e. The van der Waals surface area contributed by atoms with Gasteiger partial charge >= 0.3 is 6.03 Å². The standard InChI is InChI=1S/C14H27N5O2/c1-14(2)12(20)19(13(21)16-14)11-9-17(3)8-10-18-6-4-15-5-7-18/h15H,4-11H2,1-3H3,(H,16,21). The van der Waals surface area contributed by atoms with Crippen molar-refractivity contribution >= 4 is 11.9 Å². The molecule has 0 spiro atoms. The summed E-state index contributed by atoms with van der Waals surface area (Å²) in [5.74, 6) is -0.136. The van der Waals surface area contributed by atoms with Gasteiger partial charge in [-0.15, -0.1) is 0 Å². The van der Waals surface area contributed by atoms with Gasteiger partial charge in [-0.2, -0.15) is 0 Å². The fraction of sp³-hybridized carbons (Fsp3) is 0.857. The summed E-state index contributed by atoms with van der Waals surface area (Å²) in [4.78, 5) is 29.8. The van der Waals surface area contributed by atoms with Crippen molar-refractivity contribution in [2.75, 3.05) is 59.4 Å². The molecular formula is C14H27N5O2. The van der Waals surface area contributed by atoms with Crippen LogP contribution < -0.4 is 10.6 Å². The Bertz CT molecular complexity index is 393. The van der Waals surface area contributed by atoms with Crippen LogP contribution in [0.25, 0.3) is 0 Å². The molecule has 0 unspecified atom stereocenters. The normalized spacial score (nSPS) is 23.0. The zero-order valence-corrected chi connectivity index (χ0v) is 13.3. The molecule has 2 heterocycles. The van der Waals surface area contributed by atoms with Crippen molar-refractivity contribution in [2.45, 2.75) is 19.4 Å². The van der Waals surface area contributed by atoms with Crippen LogP contribution in [0.3, 0.4) is 0 Å². The Hall–Kier alpha value is -1.18. The molecule has 7 heteroatoms. The number of piperazine rings is 1. The summed E-state index contributed by atoms with van der Waals surface area (Å²) < 4.78 is 0. The number of hydrogen-bond acceptors (Lipinski definition) is 5. The molecule has 2 N–H and O–H groups in total. The zero-order chi connectivity index (χ0) is 15.5. The molecule has 2 aliphatic rings. The van der Waals surface area contributed by atoms with E-state index in [0.29, 0.717) is 13.1 Å². The number of likely N-dealkylation sites (N-methyl/N-ethyl adjacent to an activating group) is 1. The van der Waals surface area contributed by atoms with Crippen LogP contribution in [0.2, 0.25) is 0 Å². The van der Waals surface area contributed by atoms with Gasteiger partial charge in [-0.25, -0.2) is 4.79 Å². The molecule has 0 aromatic heterocycles. The van der Waals surface area contributed by atoms with Crippen LogP contribution in [0.15, 0.2) is 0 Å². The maximum absolute atomic E-state index is 12.1. The Kier molecular flexibility index (Phi) is 5.18. The van der Waals surface area contributed by atoms with E-state index < -0.39 is 5.54 Å². The number of nitrogens with one attached hydrogen (secondary N) is 2. The fourth-order valence-electron chi connectivity index (χ4n) is 2.65. The van der Waals surface area contributed by atoms with E-state index in [2.05, 4.69) is 20.4 Å².